The number of allylic oxidation sites excluding steroid dienone is 2. The summed E-state index contributed by atoms with van der Waals surface area (Å²) >= 11 is 0. The average Bonchev–Trinajstić information content (AvgIpc) is 2.33. The van der Waals surface area contributed by atoms with Crippen LogP contribution in [0.3, 0.4) is 0 Å². The molecule has 0 saturated carbocycles. The van der Waals surface area contributed by atoms with Crippen LogP contribution >= 0.6 is 0 Å². The number of hydrogen-bond acceptors (Lipinski definition) is 2. The van der Waals surface area contributed by atoms with E-state index >= 15 is 0 Å². The van der Waals surface area contributed by atoms with Crippen LogP contribution in [-0.4, -0.2) is 21.5 Å². The zero-order valence-corrected chi connectivity index (χ0v) is 14.9. The summed E-state index contributed by atoms with van der Waals surface area (Å²) in [5, 5.41) is 3.93. The Morgan fingerprint density at radius 1 is 1.16 bits per heavy atom. The zero-order chi connectivity index (χ0) is 14.5. The molecule has 0 aliphatic heterocycles. The third-order valence-electron chi connectivity index (χ3n) is 4.72. The summed E-state index contributed by atoms with van der Waals surface area (Å²) in [5.74, 6) is 0. The highest BCUT2D eigenvalue weighted by Gasteiger charge is 2.36. The molecule has 0 amide bonds. The molecule has 1 aliphatic rings. The van der Waals surface area contributed by atoms with Crippen LogP contribution < -0.4 is 5.32 Å². The van der Waals surface area contributed by atoms with Gasteiger partial charge in [0.1, 0.15) is 0 Å². The van der Waals surface area contributed by atoms with Crippen molar-refractivity contribution >= 4 is 8.32 Å². The van der Waals surface area contributed by atoms with E-state index in [4.69, 9.17) is 4.43 Å². The smallest absolute Gasteiger partial charge is 0.192 e. The molecule has 1 N–H and O–H groups in total. The molecule has 0 radical (unpaired) electrons. The van der Waals surface area contributed by atoms with Gasteiger partial charge >= 0.3 is 0 Å². The second-order valence-corrected chi connectivity index (χ2v) is 12.0. The van der Waals surface area contributed by atoms with Crippen LogP contribution in [0.25, 0.3) is 0 Å². The number of hydrogen-bond donors (Lipinski definition) is 1. The first-order chi connectivity index (χ1) is 8.78. The summed E-state index contributed by atoms with van der Waals surface area (Å²) < 4.78 is 6.21. The van der Waals surface area contributed by atoms with Gasteiger partial charge in [0.05, 0.1) is 6.61 Å². The highest BCUT2D eigenvalue weighted by Crippen LogP contribution is 2.36. The molecule has 0 saturated heterocycles. The largest absolute Gasteiger partial charge is 0.415 e. The van der Waals surface area contributed by atoms with Crippen LogP contribution in [0.1, 0.15) is 59.8 Å². The molecular formula is C16H33NOSi. The third-order valence-corrected chi connectivity index (χ3v) is 9.26. The van der Waals surface area contributed by atoms with Gasteiger partial charge in [-0.25, -0.2) is 0 Å². The molecule has 3 heteroatoms. The summed E-state index contributed by atoms with van der Waals surface area (Å²) in [6.45, 7) is 15.6. The summed E-state index contributed by atoms with van der Waals surface area (Å²) in [4.78, 5) is 0. The van der Waals surface area contributed by atoms with Crippen molar-refractivity contribution in [2.75, 3.05) is 13.2 Å². The van der Waals surface area contributed by atoms with Crippen LogP contribution in [0, 0.1) is 0 Å². The molecule has 0 bridgehead atoms. The minimum atomic E-state index is -1.57. The lowest BCUT2D eigenvalue weighted by atomic mass is 9.94. The van der Waals surface area contributed by atoms with E-state index in [-0.39, 0.29) is 0 Å². The monoisotopic (exact) mass is 283 g/mol. The Morgan fingerprint density at radius 3 is 2.37 bits per heavy atom. The molecule has 0 atom stereocenters. The maximum atomic E-state index is 6.21. The van der Waals surface area contributed by atoms with Crippen molar-refractivity contribution in [1.29, 1.82) is 0 Å². The molecule has 0 spiro atoms. The molecule has 112 valence electrons. The lowest BCUT2D eigenvalue weighted by Gasteiger charge is -2.36. The van der Waals surface area contributed by atoms with Crippen molar-refractivity contribution in [3.63, 3.8) is 0 Å². The van der Waals surface area contributed by atoms with Gasteiger partial charge < -0.3 is 9.74 Å². The van der Waals surface area contributed by atoms with Crippen molar-refractivity contribution in [2.45, 2.75) is 77.9 Å². The standard InChI is InChI=1S/C16H33NOSi/c1-7-14-10-8-9-11-15(14)17-12-13-18-19(5,6)16(2,3)4/h17H,7-13H2,1-6H3. The van der Waals surface area contributed by atoms with Gasteiger partial charge in [-0.1, -0.05) is 33.3 Å². The molecule has 0 unspecified atom stereocenters. The van der Waals surface area contributed by atoms with E-state index in [0.717, 1.165) is 13.2 Å². The van der Waals surface area contributed by atoms with Crippen molar-refractivity contribution in [3.05, 3.63) is 11.3 Å². The fourth-order valence-corrected chi connectivity index (χ4v) is 3.34. The predicted molar refractivity (Wildman–Crippen MR) is 86.9 cm³/mol. The lowest BCUT2D eigenvalue weighted by Crippen LogP contribution is -2.42. The van der Waals surface area contributed by atoms with Crippen LogP contribution in [-0.2, 0) is 4.43 Å². The maximum absolute atomic E-state index is 6.21. The Labute approximate surface area is 121 Å². The molecule has 1 rings (SSSR count). The minimum absolute atomic E-state index is 0.311. The van der Waals surface area contributed by atoms with Gasteiger partial charge in [0.15, 0.2) is 8.32 Å². The van der Waals surface area contributed by atoms with E-state index in [1.807, 2.05) is 0 Å². The van der Waals surface area contributed by atoms with Gasteiger partial charge in [0.2, 0.25) is 0 Å². The van der Waals surface area contributed by atoms with Gasteiger partial charge in [0.25, 0.3) is 0 Å². The van der Waals surface area contributed by atoms with E-state index < -0.39 is 8.32 Å². The summed E-state index contributed by atoms with van der Waals surface area (Å²) in [7, 11) is -1.57. The lowest BCUT2D eigenvalue weighted by molar-refractivity contribution is 0.288. The summed E-state index contributed by atoms with van der Waals surface area (Å²) in [6, 6.07) is 0. The van der Waals surface area contributed by atoms with Crippen molar-refractivity contribution in [2.24, 2.45) is 0 Å². The molecule has 19 heavy (non-hydrogen) atoms. The molecule has 0 fully saturated rings. The van der Waals surface area contributed by atoms with Gasteiger partial charge in [0, 0.05) is 12.2 Å². The Morgan fingerprint density at radius 2 is 1.79 bits per heavy atom. The maximum Gasteiger partial charge on any atom is 0.192 e. The first-order valence-electron chi connectivity index (χ1n) is 7.86. The highest BCUT2D eigenvalue weighted by molar-refractivity contribution is 6.74. The van der Waals surface area contributed by atoms with Gasteiger partial charge in [-0.05, 0) is 50.2 Å². The summed E-state index contributed by atoms with van der Waals surface area (Å²) in [5.41, 5.74) is 3.14. The molecule has 2 nitrogen and oxygen atoms in total. The Bertz CT molecular complexity index is 315. The van der Waals surface area contributed by atoms with E-state index in [1.165, 1.54) is 37.8 Å². The Hall–Kier alpha value is -0.283. The number of rotatable bonds is 6. The van der Waals surface area contributed by atoms with Gasteiger partial charge in [-0.2, -0.15) is 0 Å². The second kappa shape index (κ2) is 6.94. The molecular weight excluding hydrogens is 250 g/mol. The second-order valence-electron chi connectivity index (χ2n) is 7.18. The molecule has 0 aromatic carbocycles. The van der Waals surface area contributed by atoms with Gasteiger partial charge in [-0.3, -0.25) is 0 Å². The third kappa shape index (κ3) is 4.96. The predicted octanol–water partition coefficient (Wildman–Crippen LogP) is 4.84. The fourth-order valence-electron chi connectivity index (χ4n) is 2.30. The summed E-state index contributed by atoms with van der Waals surface area (Å²) in [6.07, 6.45) is 6.44. The zero-order valence-electron chi connectivity index (χ0n) is 13.9. The van der Waals surface area contributed by atoms with Crippen LogP contribution in [0.2, 0.25) is 18.1 Å². The quantitative estimate of drug-likeness (QED) is 0.556. The van der Waals surface area contributed by atoms with Crippen LogP contribution in [0.4, 0.5) is 0 Å². The van der Waals surface area contributed by atoms with E-state index in [0.29, 0.717) is 5.04 Å². The topological polar surface area (TPSA) is 21.3 Å². The van der Waals surface area contributed by atoms with Crippen LogP contribution in [0.15, 0.2) is 11.3 Å². The van der Waals surface area contributed by atoms with E-state index in [9.17, 15) is 0 Å². The van der Waals surface area contributed by atoms with Crippen molar-refractivity contribution < 1.29 is 4.43 Å². The van der Waals surface area contributed by atoms with Crippen molar-refractivity contribution in [1.82, 2.24) is 5.32 Å². The van der Waals surface area contributed by atoms with Gasteiger partial charge in [-0.15, -0.1) is 0 Å². The highest BCUT2D eigenvalue weighted by atomic mass is 28.4. The normalized spacial score (nSPS) is 17.8. The fraction of sp³-hybridized carbons (Fsp3) is 0.875. The average molecular weight is 284 g/mol. The van der Waals surface area contributed by atoms with E-state index in [1.54, 1.807) is 5.57 Å². The van der Waals surface area contributed by atoms with Crippen molar-refractivity contribution in [3.8, 4) is 0 Å². The first kappa shape index (κ1) is 16.8. The molecule has 0 aromatic rings. The first-order valence-corrected chi connectivity index (χ1v) is 10.8. The minimum Gasteiger partial charge on any atom is -0.415 e. The SMILES string of the molecule is CCC1=C(NCCO[Si](C)(C)C(C)(C)C)CCCC1. The Kier molecular flexibility index (Phi) is 6.12. The Balaban J connectivity index is 2.37. The van der Waals surface area contributed by atoms with Crippen LogP contribution in [0.5, 0.6) is 0 Å². The molecule has 1 aliphatic carbocycles. The van der Waals surface area contributed by atoms with E-state index in [2.05, 4.69) is 46.1 Å². The number of nitrogens with one attached hydrogen (secondary N) is 1. The molecule has 0 heterocycles. The molecule has 0 aromatic heterocycles.